The molecular weight excluding hydrogens is 124 g/mol. The Morgan fingerprint density at radius 3 is 2.60 bits per heavy atom. The van der Waals surface area contributed by atoms with E-state index in [-0.39, 0.29) is 6.61 Å². The van der Waals surface area contributed by atoms with E-state index in [1.807, 2.05) is 13.0 Å². The van der Waals surface area contributed by atoms with Crippen molar-refractivity contribution in [3.63, 3.8) is 0 Å². The quantitative estimate of drug-likeness (QED) is 0.594. The molecule has 0 saturated carbocycles. The maximum Gasteiger partial charge on any atom is 0.0471 e. The molecule has 0 atom stereocenters. The summed E-state index contributed by atoms with van der Waals surface area (Å²) in [6.07, 6.45) is 8.03. The highest BCUT2D eigenvalue weighted by Gasteiger charge is 1.86. The molecule has 1 nitrogen and oxygen atoms in total. The molecule has 0 aromatic carbocycles. The maximum absolute atomic E-state index is 8.59. The van der Waals surface area contributed by atoms with Crippen molar-refractivity contribution in [2.45, 2.75) is 26.7 Å². The third-order valence-electron chi connectivity index (χ3n) is 1.34. The molecule has 1 heteroatoms. The second kappa shape index (κ2) is 6.56. The van der Waals surface area contributed by atoms with Crippen LogP contribution in [0.3, 0.4) is 0 Å². The van der Waals surface area contributed by atoms with Crippen LogP contribution in [-0.4, -0.2) is 11.7 Å². The van der Waals surface area contributed by atoms with Crippen molar-refractivity contribution in [2.24, 2.45) is 0 Å². The zero-order valence-electron chi connectivity index (χ0n) is 6.80. The lowest BCUT2D eigenvalue weighted by molar-refractivity contribution is 0.300. The predicted molar refractivity (Wildman–Crippen MR) is 44.9 cm³/mol. The van der Waals surface area contributed by atoms with Gasteiger partial charge in [-0.2, -0.15) is 0 Å². The van der Waals surface area contributed by atoms with E-state index in [0.29, 0.717) is 0 Å². The van der Waals surface area contributed by atoms with E-state index >= 15 is 0 Å². The van der Waals surface area contributed by atoms with Crippen molar-refractivity contribution in [3.8, 4) is 0 Å². The zero-order valence-corrected chi connectivity index (χ0v) is 6.80. The first-order valence-corrected chi connectivity index (χ1v) is 3.77. The molecule has 0 aromatic rings. The largest absolute Gasteiger partial charge is 0.396 e. The zero-order chi connectivity index (χ0) is 7.82. The Morgan fingerprint density at radius 1 is 1.50 bits per heavy atom. The highest BCUT2D eigenvalue weighted by Crippen LogP contribution is 2.02. The van der Waals surface area contributed by atoms with Gasteiger partial charge >= 0.3 is 0 Å². The summed E-state index contributed by atoms with van der Waals surface area (Å²) in [5, 5.41) is 8.59. The van der Waals surface area contributed by atoms with E-state index in [2.05, 4.69) is 19.1 Å². The first kappa shape index (κ1) is 9.44. The summed E-state index contributed by atoms with van der Waals surface area (Å²) in [5.41, 5.74) is 1.21. The van der Waals surface area contributed by atoms with Crippen LogP contribution in [0.15, 0.2) is 23.8 Å². The van der Waals surface area contributed by atoms with E-state index in [1.54, 1.807) is 0 Å². The molecule has 0 bridgehead atoms. The lowest BCUT2D eigenvalue weighted by atomic mass is 10.1. The third kappa shape index (κ3) is 4.33. The van der Waals surface area contributed by atoms with Gasteiger partial charge in [-0.3, -0.25) is 0 Å². The second-order valence-corrected chi connectivity index (χ2v) is 2.15. The molecule has 0 aliphatic rings. The van der Waals surface area contributed by atoms with Gasteiger partial charge in [0.2, 0.25) is 0 Å². The van der Waals surface area contributed by atoms with E-state index in [4.69, 9.17) is 5.11 Å². The van der Waals surface area contributed by atoms with Gasteiger partial charge < -0.3 is 5.11 Å². The smallest absolute Gasteiger partial charge is 0.0471 e. The van der Waals surface area contributed by atoms with Crippen LogP contribution in [0.1, 0.15) is 26.7 Å². The molecule has 0 fully saturated rings. The minimum absolute atomic E-state index is 0.244. The SMILES string of the molecule is C/C=C(\C=C/CC)CCO. The molecule has 10 heavy (non-hydrogen) atoms. The summed E-state index contributed by atoms with van der Waals surface area (Å²) < 4.78 is 0. The summed E-state index contributed by atoms with van der Waals surface area (Å²) in [6.45, 7) is 4.33. The fourth-order valence-electron chi connectivity index (χ4n) is 0.722. The Morgan fingerprint density at radius 2 is 2.20 bits per heavy atom. The van der Waals surface area contributed by atoms with Gasteiger partial charge in [0.25, 0.3) is 0 Å². The van der Waals surface area contributed by atoms with Crippen LogP contribution in [0.5, 0.6) is 0 Å². The summed E-state index contributed by atoms with van der Waals surface area (Å²) in [5.74, 6) is 0. The van der Waals surface area contributed by atoms with E-state index < -0.39 is 0 Å². The lowest BCUT2D eigenvalue weighted by Gasteiger charge is -1.95. The normalized spacial score (nSPS) is 12.9. The van der Waals surface area contributed by atoms with Gasteiger partial charge in [-0.1, -0.05) is 30.7 Å². The van der Waals surface area contributed by atoms with Crippen LogP contribution in [-0.2, 0) is 0 Å². The minimum atomic E-state index is 0.244. The van der Waals surface area contributed by atoms with Crippen molar-refractivity contribution >= 4 is 0 Å². The average Bonchev–Trinajstić information content (AvgIpc) is 1.98. The van der Waals surface area contributed by atoms with E-state index in [0.717, 1.165) is 12.8 Å². The standard InChI is InChI=1S/C9H16O/c1-3-5-6-9(4-2)7-8-10/h4-6,10H,3,7-8H2,1-2H3/b6-5-,9-4+. The Labute approximate surface area is 63.1 Å². The van der Waals surface area contributed by atoms with Gasteiger partial charge in [-0.05, 0) is 19.8 Å². The van der Waals surface area contributed by atoms with E-state index in [9.17, 15) is 0 Å². The van der Waals surface area contributed by atoms with Crippen LogP contribution in [0.2, 0.25) is 0 Å². The molecule has 1 N–H and O–H groups in total. The average molecular weight is 140 g/mol. The Hall–Kier alpha value is -0.560. The first-order chi connectivity index (χ1) is 4.85. The number of allylic oxidation sites excluding steroid dienone is 3. The summed E-state index contributed by atoms with van der Waals surface area (Å²) >= 11 is 0. The van der Waals surface area contributed by atoms with Crippen LogP contribution < -0.4 is 0 Å². The molecule has 0 saturated heterocycles. The highest BCUT2D eigenvalue weighted by atomic mass is 16.2. The Kier molecular flexibility index (Phi) is 6.19. The molecular formula is C9H16O. The van der Waals surface area contributed by atoms with Crippen LogP contribution in [0.25, 0.3) is 0 Å². The van der Waals surface area contributed by atoms with Gasteiger partial charge in [-0.25, -0.2) is 0 Å². The molecule has 58 valence electrons. The molecule has 0 spiro atoms. The lowest BCUT2D eigenvalue weighted by Crippen LogP contribution is -1.84. The Bertz CT molecular complexity index is 123. The fraction of sp³-hybridized carbons (Fsp3) is 0.556. The van der Waals surface area contributed by atoms with Crippen LogP contribution in [0.4, 0.5) is 0 Å². The monoisotopic (exact) mass is 140 g/mol. The fourth-order valence-corrected chi connectivity index (χ4v) is 0.722. The molecule has 0 aliphatic carbocycles. The molecule has 0 aromatic heterocycles. The molecule has 0 radical (unpaired) electrons. The number of hydrogen-bond acceptors (Lipinski definition) is 1. The van der Waals surface area contributed by atoms with Gasteiger partial charge in [0.1, 0.15) is 0 Å². The summed E-state index contributed by atoms with van der Waals surface area (Å²) in [7, 11) is 0. The van der Waals surface area contributed by atoms with Crippen molar-refractivity contribution in [1.82, 2.24) is 0 Å². The van der Waals surface area contributed by atoms with Crippen molar-refractivity contribution in [2.75, 3.05) is 6.61 Å². The molecule has 0 aliphatic heterocycles. The van der Waals surface area contributed by atoms with Crippen LogP contribution in [0, 0.1) is 0 Å². The number of aliphatic hydroxyl groups is 1. The molecule has 0 heterocycles. The molecule has 0 rings (SSSR count). The minimum Gasteiger partial charge on any atom is -0.396 e. The molecule has 0 unspecified atom stereocenters. The highest BCUT2D eigenvalue weighted by molar-refractivity contribution is 5.17. The number of hydrogen-bond donors (Lipinski definition) is 1. The van der Waals surface area contributed by atoms with Crippen LogP contribution >= 0.6 is 0 Å². The van der Waals surface area contributed by atoms with Gasteiger partial charge in [0.05, 0.1) is 0 Å². The third-order valence-corrected chi connectivity index (χ3v) is 1.34. The summed E-state index contributed by atoms with van der Waals surface area (Å²) in [6, 6.07) is 0. The first-order valence-electron chi connectivity index (χ1n) is 3.77. The van der Waals surface area contributed by atoms with E-state index in [1.165, 1.54) is 5.57 Å². The number of aliphatic hydroxyl groups excluding tert-OH is 1. The topological polar surface area (TPSA) is 20.2 Å². The summed E-state index contributed by atoms with van der Waals surface area (Å²) in [4.78, 5) is 0. The molecule has 0 amide bonds. The van der Waals surface area contributed by atoms with Crippen molar-refractivity contribution < 1.29 is 5.11 Å². The van der Waals surface area contributed by atoms with Gasteiger partial charge in [-0.15, -0.1) is 0 Å². The predicted octanol–water partition coefficient (Wildman–Crippen LogP) is 2.28. The number of rotatable bonds is 4. The second-order valence-electron chi connectivity index (χ2n) is 2.15. The Balaban J connectivity index is 3.72. The van der Waals surface area contributed by atoms with Crippen molar-refractivity contribution in [3.05, 3.63) is 23.8 Å². The van der Waals surface area contributed by atoms with Gasteiger partial charge in [0.15, 0.2) is 0 Å². The van der Waals surface area contributed by atoms with Gasteiger partial charge in [0, 0.05) is 6.61 Å². The van der Waals surface area contributed by atoms with Crippen molar-refractivity contribution in [1.29, 1.82) is 0 Å². The maximum atomic E-state index is 8.59.